The molecule has 2 aliphatic rings. The van der Waals surface area contributed by atoms with Gasteiger partial charge in [0.05, 0.1) is 17.4 Å². The van der Waals surface area contributed by atoms with Gasteiger partial charge in [-0.25, -0.2) is 9.07 Å². The van der Waals surface area contributed by atoms with Gasteiger partial charge >= 0.3 is 0 Å². The summed E-state index contributed by atoms with van der Waals surface area (Å²) < 4.78 is 14.6. The SMILES string of the molecule is O=C(c1cnn(-c2ccc(F)cc2)c1)N1CCN(C2CCCCC2)C(=O)C1. The predicted molar refractivity (Wildman–Crippen MR) is 98.0 cm³/mol. The monoisotopic (exact) mass is 370 g/mol. The zero-order chi connectivity index (χ0) is 18.8. The number of hydrogen-bond donors (Lipinski definition) is 0. The van der Waals surface area contributed by atoms with Crippen molar-refractivity contribution in [3.8, 4) is 5.69 Å². The number of halogens is 1. The van der Waals surface area contributed by atoms with Crippen LogP contribution in [-0.4, -0.2) is 57.1 Å². The van der Waals surface area contributed by atoms with E-state index in [-0.39, 0.29) is 24.2 Å². The molecule has 1 aromatic heterocycles. The lowest BCUT2D eigenvalue weighted by Crippen LogP contribution is -2.55. The molecule has 0 spiro atoms. The summed E-state index contributed by atoms with van der Waals surface area (Å²) in [4.78, 5) is 28.9. The van der Waals surface area contributed by atoms with Crippen LogP contribution in [0.3, 0.4) is 0 Å². The lowest BCUT2D eigenvalue weighted by atomic mass is 9.93. The second kappa shape index (κ2) is 7.50. The smallest absolute Gasteiger partial charge is 0.257 e. The largest absolute Gasteiger partial charge is 0.336 e. The van der Waals surface area contributed by atoms with Crippen LogP contribution in [0.4, 0.5) is 4.39 Å². The maximum Gasteiger partial charge on any atom is 0.257 e. The number of benzene rings is 1. The fourth-order valence-electron chi connectivity index (χ4n) is 3.99. The Kier molecular flexibility index (Phi) is 4.92. The van der Waals surface area contributed by atoms with Crippen molar-refractivity contribution < 1.29 is 14.0 Å². The fraction of sp³-hybridized carbons (Fsp3) is 0.450. The van der Waals surface area contributed by atoms with E-state index >= 15 is 0 Å². The Labute approximate surface area is 157 Å². The molecule has 2 amide bonds. The van der Waals surface area contributed by atoms with Crippen molar-refractivity contribution in [2.75, 3.05) is 19.6 Å². The minimum Gasteiger partial charge on any atom is -0.336 e. The van der Waals surface area contributed by atoms with Crippen molar-refractivity contribution in [3.63, 3.8) is 0 Å². The number of piperazine rings is 1. The highest BCUT2D eigenvalue weighted by atomic mass is 19.1. The van der Waals surface area contributed by atoms with Crippen molar-refractivity contribution in [3.05, 3.63) is 48.0 Å². The molecule has 0 unspecified atom stereocenters. The molecule has 1 aromatic carbocycles. The van der Waals surface area contributed by atoms with Crippen LogP contribution in [0.15, 0.2) is 36.7 Å². The Morgan fingerprint density at radius 2 is 1.81 bits per heavy atom. The van der Waals surface area contributed by atoms with Crippen LogP contribution < -0.4 is 0 Å². The van der Waals surface area contributed by atoms with Crippen LogP contribution >= 0.6 is 0 Å². The highest BCUT2D eigenvalue weighted by molar-refractivity contribution is 5.96. The fourth-order valence-corrected chi connectivity index (χ4v) is 3.99. The second-order valence-electron chi connectivity index (χ2n) is 7.26. The molecular formula is C20H23FN4O2. The first-order valence-electron chi connectivity index (χ1n) is 9.51. The van der Waals surface area contributed by atoms with E-state index in [4.69, 9.17) is 0 Å². The molecule has 4 rings (SSSR count). The van der Waals surface area contributed by atoms with E-state index in [0.717, 1.165) is 12.8 Å². The lowest BCUT2D eigenvalue weighted by Gasteiger charge is -2.40. The zero-order valence-electron chi connectivity index (χ0n) is 15.2. The first kappa shape index (κ1) is 17.7. The molecule has 0 bridgehead atoms. The number of hydrogen-bond acceptors (Lipinski definition) is 3. The summed E-state index contributed by atoms with van der Waals surface area (Å²) in [5, 5.41) is 4.19. The van der Waals surface area contributed by atoms with Crippen molar-refractivity contribution >= 4 is 11.8 Å². The Bertz CT molecular complexity index is 827. The van der Waals surface area contributed by atoms with Gasteiger partial charge in [-0.15, -0.1) is 0 Å². The van der Waals surface area contributed by atoms with Crippen LogP contribution in [-0.2, 0) is 4.79 Å². The zero-order valence-corrected chi connectivity index (χ0v) is 15.2. The Balaban J connectivity index is 1.42. The summed E-state index contributed by atoms with van der Waals surface area (Å²) >= 11 is 0. The van der Waals surface area contributed by atoms with Crippen LogP contribution in [0.25, 0.3) is 5.69 Å². The first-order valence-corrected chi connectivity index (χ1v) is 9.51. The maximum atomic E-state index is 13.1. The van der Waals surface area contributed by atoms with Gasteiger partial charge in [-0.1, -0.05) is 19.3 Å². The average molecular weight is 370 g/mol. The van der Waals surface area contributed by atoms with Crippen molar-refractivity contribution in [1.29, 1.82) is 0 Å². The third-order valence-corrected chi connectivity index (χ3v) is 5.48. The van der Waals surface area contributed by atoms with Gasteiger partial charge in [0.2, 0.25) is 5.91 Å². The van der Waals surface area contributed by atoms with Gasteiger partial charge in [0.15, 0.2) is 0 Å². The topological polar surface area (TPSA) is 58.4 Å². The third-order valence-electron chi connectivity index (χ3n) is 5.48. The second-order valence-corrected chi connectivity index (χ2v) is 7.26. The molecule has 6 nitrogen and oxygen atoms in total. The van der Waals surface area contributed by atoms with E-state index in [1.165, 1.54) is 42.3 Å². The van der Waals surface area contributed by atoms with Crippen molar-refractivity contribution in [2.45, 2.75) is 38.1 Å². The number of aromatic nitrogens is 2. The molecule has 142 valence electrons. The minimum absolute atomic E-state index is 0.0347. The van der Waals surface area contributed by atoms with Crippen LogP contribution in [0.1, 0.15) is 42.5 Å². The Hall–Kier alpha value is -2.70. The van der Waals surface area contributed by atoms with E-state index in [1.807, 2.05) is 4.90 Å². The van der Waals surface area contributed by atoms with Gasteiger partial charge in [-0.2, -0.15) is 5.10 Å². The predicted octanol–water partition coefficient (Wildman–Crippen LogP) is 2.63. The van der Waals surface area contributed by atoms with E-state index in [2.05, 4.69) is 5.10 Å². The quantitative estimate of drug-likeness (QED) is 0.835. The van der Waals surface area contributed by atoms with Gasteiger partial charge in [-0.3, -0.25) is 9.59 Å². The van der Waals surface area contributed by atoms with Gasteiger partial charge in [0, 0.05) is 25.3 Å². The van der Waals surface area contributed by atoms with E-state index < -0.39 is 0 Å². The summed E-state index contributed by atoms with van der Waals surface area (Å²) in [7, 11) is 0. The normalized spacial score (nSPS) is 18.8. The molecule has 7 heteroatoms. The number of carbonyl (C=O) groups excluding carboxylic acids is 2. The van der Waals surface area contributed by atoms with E-state index in [9.17, 15) is 14.0 Å². The molecule has 2 fully saturated rings. The highest BCUT2D eigenvalue weighted by Gasteiger charge is 2.32. The lowest BCUT2D eigenvalue weighted by molar-refractivity contribution is -0.138. The first-order chi connectivity index (χ1) is 13.1. The summed E-state index contributed by atoms with van der Waals surface area (Å²) in [5.74, 6) is -0.482. The molecule has 0 N–H and O–H groups in total. The summed E-state index contributed by atoms with van der Waals surface area (Å²) in [6.07, 6.45) is 8.87. The third kappa shape index (κ3) is 3.72. The maximum absolute atomic E-state index is 13.1. The van der Waals surface area contributed by atoms with Crippen molar-refractivity contribution in [2.24, 2.45) is 0 Å². The van der Waals surface area contributed by atoms with Gasteiger partial charge in [0.1, 0.15) is 12.4 Å². The molecule has 2 aromatic rings. The molecule has 1 saturated carbocycles. The van der Waals surface area contributed by atoms with Crippen LogP contribution in [0, 0.1) is 5.82 Å². The van der Waals surface area contributed by atoms with Crippen LogP contribution in [0.2, 0.25) is 0 Å². The van der Waals surface area contributed by atoms with E-state index in [1.54, 1.807) is 23.2 Å². The number of amides is 2. The Morgan fingerprint density at radius 1 is 1.07 bits per heavy atom. The van der Waals surface area contributed by atoms with Gasteiger partial charge < -0.3 is 9.80 Å². The number of nitrogens with zero attached hydrogens (tertiary/aromatic N) is 4. The number of rotatable bonds is 3. The molecule has 1 saturated heterocycles. The number of carbonyl (C=O) groups is 2. The van der Waals surface area contributed by atoms with E-state index in [0.29, 0.717) is 30.4 Å². The standard InChI is InChI=1S/C20H23FN4O2/c21-16-6-8-18(9-7-16)25-13-15(12-22-25)20(27)23-10-11-24(19(26)14-23)17-4-2-1-3-5-17/h6-9,12-13,17H,1-5,10-11,14H2. The molecule has 1 aliphatic carbocycles. The Morgan fingerprint density at radius 3 is 2.52 bits per heavy atom. The average Bonchev–Trinajstić information content (AvgIpc) is 3.19. The minimum atomic E-state index is -0.323. The molecule has 27 heavy (non-hydrogen) atoms. The molecule has 2 heterocycles. The summed E-state index contributed by atoms with van der Waals surface area (Å²) in [5.41, 5.74) is 1.10. The van der Waals surface area contributed by atoms with Gasteiger partial charge in [-0.05, 0) is 37.1 Å². The van der Waals surface area contributed by atoms with Crippen LogP contribution in [0.5, 0.6) is 0 Å². The molecule has 1 aliphatic heterocycles. The van der Waals surface area contributed by atoms with Crippen molar-refractivity contribution in [1.82, 2.24) is 19.6 Å². The molecule has 0 radical (unpaired) electrons. The highest BCUT2D eigenvalue weighted by Crippen LogP contribution is 2.24. The summed E-state index contributed by atoms with van der Waals surface area (Å²) in [6.45, 7) is 1.27. The summed E-state index contributed by atoms with van der Waals surface area (Å²) in [6, 6.07) is 6.24. The molecular weight excluding hydrogens is 347 g/mol. The molecule has 0 atom stereocenters. The van der Waals surface area contributed by atoms with Gasteiger partial charge in [0.25, 0.3) is 5.91 Å².